The Labute approximate surface area is 88.8 Å². The summed E-state index contributed by atoms with van der Waals surface area (Å²) in [6.45, 7) is 3.51. The van der Waals surface area contributed by atoms with E-state index >= 15 is 0 Å². The topological polar surface area (TPSA) is 35.2 Å². The molecule has 1 aliphatic heterocycles. The van der Waals surface area contributed by atoms with Crippen molar-refractivity contribution < 1.29 is 4.74 Å². The molecule has 3 heteroatoms. The molecule has 76 valence electrons. The second-order valence-corrected chi connectivity index (χ2v) is 4.75. The average molecular weight is 209 g/mol. The molecule has 14 heavy (non-hydrogen) atoms. The number of rotatable bonds is 2. The molecule has 2 rings (SSSR count). The molecule has 0 amide bonds. The van der Waals surface area contributed by atoms with Crippen molar-refractivity contribution in [2.24, 2.45) is 5.73 Å². The van der Waals surface area contributed by atoms with Crippen molar-refractivity contribution >= 4 is 11.8 Å². The van der Waals surface area contributed by atoms with Crippen molar-refractivity contribution in [2.45, 2.75) is 24.5 Å². The molecular formula is C11H15NOS. The SMILES string of the molecule is CCSc1ccc2c(c1)COC[C@H]2N. The van der Waals surface area contributed by atoms with E-state index in [4.69, 9.17) is 10.5 Å². The van der Waals surface area contributed by atoms with Crippen molar-refractivity contribution in [2.75, 3.05) is 12.4 Å². The van der Waals surface area contributed by atoms with Gasteiger partial charge in [0.1, 0.15) is 0 Å². The van der Waals surface area contributed by atoms with E-state index in [9.17, 15) is 0 Å². The molecule has 0 bridgehead atoms. The zero-order chi connectivity index (χ0) is 9.97. The van der Waals surface area contributed by atoms with Crippen LogP contribution in [0.1, 0.15) is 24.1 Å². The molecule has 0 aromatic heterocycles. The number of hydrogen-bond acceptors (Lipinski definition) is 3. The molecule has 0 spiro atoms. The molecule has 0 radical (unpaired) electrons. The van der Waals surface area contributed by atoms with Gasteiger partial charge in [-0.1, -0.05) is 13.0 Å². The summed E-state index contributed by atoms with van der Waals surface area (Å²) in [5.41, 5.74) is 8.44. The Kier molecular flexibility index (Phi) is 3.11. The van der Waals surface area contributed by atoms with Gasteiger partial charge in [0.2, 0.25) is 0 Å². The summed E-state index contributed by atoms with van der Waals surface area (Å²) in [6.07, 6.45) is 0. The fraction of sp³-hybridized carbons (Fsp3) is 0.455. The van der Waals surface area contributed by atoms with E-state index in [1.165, 1.54) is 16.0 Å². The van der Waals surface area contributed by atoms with Gasteiger partial charge in [0, 0.05) is 4.90 Å². The van der Waals surface area contributed by atoms with Crippen LogP contribution in [0.25, 0.3) is 0 Å². The third-order valence-corrected chi connectivity index (χ3v) is 3.26. The van der Waals surface area contributed by atoms with E-state index in [2.05, 4.69) is 25.1 Å². The first-order valence-corrected chi connectivity index (χ1v) is 5.88. The monoisotopic (exact) mass is 209 g/mol. The summed E-state index contributed by atoms with van der Waals surface area (Å²) in [5.74, 6) is 1.10. The van der Waals surface area contributed by atoms with Crippen LogP contribution >= 0.6 is 11.8 Å². The molecule has 2 nitrogen and oxygen atoms in total. The fourth-order valence-electron chi connectivity index (χ4n) is 1.71. The maximum absolute atomic E-state index is 5.94. The van der Waals surface area contributed by atoms with Gasteiger partial charge < -0.3 is 10.5 Å². The van der Waals surface area contributed by atoms with Gasteiger partial charge in [-0.15, -0.1) is 11.8 Å². The summed E-state index contributed by atoms with van der Waals surface area (Å²) in [7, 11) is 0. The highest BCUT2D eigenvalue weighted by Crippen LogP contribution is 2.27. The first-order valence-electron chi connectivity index (χ1n) is 4.90. The second-order valence-electron chi connectivity index (χ2n) is 3.42. The first-order chi connectivity index (χ1) is 6.81. The summed E-state index contributed by atoms with van der Waals surface area (Å²) in [4.78, 5) is 1.31. The number of ether oxygens (including phenoxy) is 1. The van der Waals surface area contributed by atoms with Gasteiger partial charge in [0.15, 0.2) is 0 Å². The second kappa shape index (κ2) is 4.34. The molecule has 0 unspecified atom stereocenters. The van der Waals surface area contributed by atoms with Crippen molar-refractivity contribution in [1.82, 2.24) is 0 Å². The van der Waals surface area contributed by atoms with Crippen LogP contribution in [-0.2, 0) is 11.3 Å². The van der Waals surface area contributed by atoms with Crippen LogP contribution in [0.3, 0.4) is 0 Å². The summed E-state index contributed by atoms with van der Waals surface area (Å²) in [6, 6.07) is 6.54. The summed E-state index contributed by atoms with van der Waals surface area (Å²) < 4.78 is 5.41. The fourth-order valence-corrected chi connectivity index (χ4v) is 2.43. The van der Waals surface area contributed by atoms with Crippen LogP contribution in [0.4, 0.5) is 0 Å². The maximum atomic E-state index is 5.94. The standard InChI is InChI=1S/C11H15NOS/c1-2-14-9-3-4-10-8(5-9)6-13-7-11(10)12/h3-5,11H,2,6-7,12H2,1H3/t11-/m1/s1. The van der Waals surface area contributed by atoms with Gasteiger partial charge in [-0.25, -0.2) is 0 Å². The predicted octanol–water partition coefficient (Wildman–Crippen LogP) is 2.33. The van der Waals surface area contributed by atoms with Crippen LogP contribution in [-0.4, -0.2) is 12.4 Å². The quantitative estimate of drug-likeness (QED) is 0.759. The molecule has 2 N–H and O–H groups in total. The number of nitrogens with two attached hydrogens (primary N) is 1. The predicted molar refractivity (Wildman–Crippen MR) is 59.4 cm³/mol. The molecule has 1 aromatic carbocycles. The summed E-state index contributed by atoms with van der Waals surface area (Å²) in [5, 5.41) is 0. The van der Waals surface area contributed by atoms with Crippen molar-refractivity contribution in [3.63, 3.8) is 0 Å². The number of benzene rings is 1. The van der Waals surface area contributed by atoms with Crippen molar-refractivity contribution in [3.8, 4) is 0 Å². The maximum Gasteiger partial charge on any atom is 0.0721 e. The molecule has 1 heterocycles. The smallest absolute Gasteiger partial charge is 0.0721 e. The Hall–Kier alpha value is -0.510. The van der Waals surface area contributed by atoms with E-state index in [0.717, 1.165) is 5.75 Å². The van der Waals surface area contributed by atoms with Gasteiger partial charge in [-0.3, -0.25) is 0 Å². The third kappa shape index (κ3) is 1.95. The minimum Gasteiger partial charge on any atom is -0.375 e. The van der Waals surface area contributed by atoms with Crippen LogP contribution < -0.4 is 5.73 Å². The zero-order valence-electron chi connectivity index (χ0n) is 8.32. The number of fused-ring (bicyclic) bond motifs is 1. The highest BCUT2D eigenvalue weighted by molar-refractivity contribution is 7.99. The minimum atomic E-state index is 0.0550. The van der Waals surface area contributed by atoms with Gasteiger partial charge >= 0.3 is 0 Å². The molecule has 0 saturated carbocycles. The average Bonchev–Trinajstić information content (AvgIpc) is 2.18. The van der Waals surface area contributed by atoms with Crippen molar-refractivity contribution in [3.05, 3.63) is 29.3 Å². The van der Waals surface area contributed by atoms with E-state index in [0.29, 0.717) is 13.2 Å². The lowest BCUT2D eigenvalue weighted by Crippen LogP contribution is -2.23. The highest BCUT2D eigenvalue weighted by Gasteiger charge is 2.16. The van der Waals surface area contributed by atoms with E-state index < -0.39 is 0 Å². The Morgan fingerprint density at radius 2 is 2.43 bits per heavy atom. The van der Waals surface area contributed by atoms with Gasteiger partial charge in [-0.05, 0) is 29.0 Å². The molecule has 1 aromatic rings. The minimum absolute atomic E-state index is 0.0550. The third-order valence-electron chi connectivity index (χ3n) is 2.38. The van der Waals surface area contributed by atoms with Crippen molar-refractivity contribution in [1.29, 1.82) is 0 Å². The van der Waals surface area contributed by atoms with Crippen LogP contribution in [0, 0.1) is 0 Å². The molecule has 0 aliphatic carbocycles. The van der Waals surface area contributed by atoms with Crippen LogP contribution in [0.5, 0.6) is 0 Å². The van der Waals surface area contributed by atoms with E-state index in [1.54, 1.807) is 0 Å². The largest absolute Gasteiger partial charge is 0.375 e. The lowest BCUT2D eigenvalue weighted by molar-refractivity contribution is 0.0922. The molecule has 0 saturated heterocycles. The van der Waals surface area contributed by atoms with E-state index in [1.807, 2.05) is 11.8 Å². The highest BCUT2D eigenvalue weighted by atomic mass is 32.2. The van der Waals surface area contributed by atoms with Crippen LogP contribution in [0.15, 0.2) is 23.1 Å². The Bertz CT molecular complexity index is 327. The number of hydrogen-bond donors (Lipinski definition) is 1. The van der Waals surface area contributed by atoms with Gasteiger partial charge in [-0.2, -0.15) is 0 Å². The Morgan fingerprint density at radius 3 is 3.21 bits per heavy atom. The molecule has 0 fully saturated rings. The summed E-state index contributed by atoms with van der Waals surface area (Å²) >= 11 is 1.85. The molecule has 1 aliphatic rings. The molecular weight excluding hydrogens is 194 g/mol. The van der Waals surface area contributed by atoms with Crippen LogP contribution in [0.2, 0.25) is 0 Å². The normalized spacial score (nSPS) is 20.6. The van der Waals surface area contributed by atoms with Gasteiger partial charge in [0.25, 0.3) is 0 Å². The number of thioether (sulfide) groups is 1. The van der Waals surface area contributed by atoms with E-state index in [-0.39, 0.29) is 6.04 Å². The van der Waals surface area contributed by atoms with Gasteiger partial charge in [0.05, 0.1) is 19.3 Å². The lowest BCUT2D eigenvalue weighted by Gasteiger charge is -2.22. The first kappa shape index (κ1) is 10.0. The Morgan fingerprint density at radius 1 is 1.57 bits per heavy atom. The zero-order valence-corrected chi connectivity index (χ0v) is 9.14. The lowest BCUT2D eigenvalue weighted by atomic mass is 10.00. The molecule has 1 atom stereocenters. The Balaban J connectivity index is 2.29.